The highest BCUT2D eigenvalue weighted by Crippen LogP contribution is 2.50. The van der Waals surface area contributed by atoms with E-state index in [2.05, 4.69) is 46.4 Å². The van der Waals surface area contributed by atoms with E-state index in [0.717, 1.165) is 12.0 Å². The van der Waals surface area contributed by atoms with E-state index >= 15 is 0 Å². The Hall–Kier alpha value is -0.630. The third-order valence-corrected chi connectivity index (χ3v) is 4.30. The predicted octanol–water partition coefficient (Wildman–Crippen LogP) is 4.03. The number of benzene rings is 1. The number of hydrogen-bond donors (Lipinski definition) is 2. The molecule has 0 unspecified atom stereocenters. The minimum atomic E-state index is 0.0493. The van der Waals surface area contributed by atoms with E-state index in [1.165, 1.54) is 12.0 Å². The van der Waals surface area contributed by atoms with Crippen molar-refractivity contribution in [3.8, 4) is 5.75 Å². The van der Waals surface area contributed by atoms with Crippen molar-refractivity contribution in [2.24, 2.45) is 0 Å². The Balaban J connectivity index is 2.75. The molecular formula is C14H20OS. The summed E-state index contributed by atoms with van der Waals surface area (Å²) in [6.07, 6.45) is 2.27. The lowest BCUT2D eigenvalue weighted by atomic mass is 9.63. The predicted molar refractivity (Wildman–Crippen MR) is 70.6 cm³/mol. The summed E-state index contributed by atoms with van der Waals surface area (Å²) in [7, 11) is 0. The highest BCUT2D eigenvalue weighted by atomic mass is 32.1. The molecule has 0 saturated carbocycles. The molecule has 0 fully saturated rings. The maximum atomic E-state index is 10.2. The van der Waals surface area contributed by atoms with Gasteiger partial charge in [0.2, 0.25) is 0 Å². The van der Waals surface area contributed by atoms with Crippen LogP contribution in [0.15, 0.2) is 17.0 Å². The Kier molecular flexibility index (Phi) is 2.54. The maximum Gasteiger partial charge on any atom is 0.132 e. The first-order valence-corrected chi connectivity index (χ1v) is 6.26. The minimum absolute atomic E-state index is 0.0493. The van der Waals surface area contributed by atoms with Crippen LogP contribution in [0.4, 0.5) is 0 Å². The van der Waals surface area contributed by atoms with Crippen molar-refractivity contribution >= 4 is 12.6 Å². The van der Waals surface area contributed by atoms with Gasteiger partial charge in [-0.25, -0.2) is 0 Å². The highest BCUT2D eigenvalue weighted by Gasteiger charge is 2.39. The lowest BCUT2D eigenvalue weighted by Gasteiger charge is -2.42. The standard InChI is InChI=1S/C14H20OS/c1-13(2)7-8-14(3,4)11-9(13)5-6-10(16)12(11)15/h5-6,15-16H,7-8H2,1-4H3. The van der Waals surface area contributed by atoms with E-state index < -0.39 is 0 Å². The second kappa shape index (κ2) is 3.43. The summed E-state index contributed by atoms with van der Waals surface area (Å²) in [6, 6.07) is 4.03. The second-order valence-corrected chi connectivity index (χ2v) is 6.61. The first-order chi connectivity index (χ1) is 7.26. The fourth-order valence-corrected chi connectivity index (χ4v) is 2.90. The summed E-state index contributed by atoms with van der Waals surface area (Å²) in [5.41, 5.74) is 2.58. The van der Waals surface area contributed by atoms with Crippen LogP contribution in [0.3, 0.4) is 0 Å². The third kappa shape index (κ3) is 1.64. The van der Waals surface area contributed by atoms with Crippen LogP contribution in [0.25, 0.3) is 0 Å². The number of aromatic hydroxyl groups is 1. The van der Waals surface area contributed by atoms with E-state index in [0.29, 0.717) is 10.6 Å². The molecule has 0 spiro atoms. The van der Waals surface area contributed by atoms with Crippen molar-refractivity contribution in [3.63, 3.8) is 0 Å². The first-order valence-electron chi connectivity index (χ1n) is 5.82. The Bertz CT molecular complexity index is 433. The molecule has 2 rings (SSSR count). The van der Waals surface area contributed by atoms with Crippen molar-refractivity contribution in [2.75, 3.05) is 0 Å². The first kappa shape index (κ1) is 11.8. The summed E-state index contributed by atoms with van der Waals surface area (Å²) in [5, 5.41) is 10.2. The normalized spacial score (nSPS) is 21.6. The number of fused-ring (bicyclic) bond motifs is 1. The molecule has 0 heterocycles. The van der Waals surface area contributed by atoms with Crippen LogP contribution >= 0.6 is 12.6 Å². The van der Waals surface area contributed by atoms with Crippen LogP contribution in [0, 0.1) is 0 Å². The maximum absolute atomic E-state index is 10.2. The van der Waals surface area contributed by atoms with E-state index in [-0.39, 0.29) is 10.8 Å². The van der Waals surface area contributed by atoms with Crippen LogP contribution < -0.4 is 0 Å². The largest absolute Gasteiger partial charge is 0.506 e. The molecule has 0 aliphatic heterocycles. The topological polar surface area (TPSA) is 20.2 Å². The number of phenols is 1. The molecule has 1 aromatic rings. The van der Waals surface area contributed by atoms with Gasteiger partial charge in [0, 0.05) is 10.5 Å². The molecule has 1 N–H and O–H groups in total. The van der Waals surface area contributed by atoms with Crippen LogP contribution in [-0.4, -0.2) is 5.11 Å². The molecule has 1 aliphatic carbocycles. The van der Waals surface area contributed by atoms with Gasteiger partial charge in [-0.1, -0.05) is 33.8 Å². The Labute approximate surface area is 103 Å². The molecular weight excluding hydrogens is 216 g/mol. The van der Waals surface area contributed by atoms with Crippen molar-refractivity contribution in [2.45, 2.75) is 56.3 Å². The zero-order valence-electron chi connectivity index (χ0n) is 10.5. The van der Waals surface area contributed by atoms with Gasteiger partial charge in [0.05, 0.1) is 0 Å². The molecule has 1 aromatic carbocycles. The van der Waals surface area contributed by atoms with Gasteiger partial charge in [0.15, 0.2) is 0 Å². The lowest BCUT2D eigenvalue weighted by molar-refractivity contribution is 0.315. The van der Waals surface area contributed by atoms with E-state index in [4.69, 9.17) is 0 Å². The smallest absolute Gasteiger partial charge is 0.132 e. The van der Waals surface area contributed by atoms with Gasteiger partial charge in [-0.3, -0.25) is 0 Å². The van der Waals surface area contributed by atoms with Gasteiger partial charge in [-0.15, -0.1) is 12.6 Å². The Morgan fingerprint density at radius 2 is 1.62 bits per heavy atom. The molecule has 1 nitrogen and oxygen atoms in total. The van der Waals surface area contributed by atoms with Crippen LogP contribution in [-0.2, 0) is 10.8 Å². The minimum Gasteiger partial charge on any atom is -0.506 e. The molecule has 0 aromatic heterocycles. The van der Waals surface area contributed by atoms with Gasteiger partial charge in [-0.2, -0.15) is 0 Å². The average Bonchev–Trinajstić information content (AvgIpc) is 2.17. The van der Waals surface area contributed by atoms with Crippen molar-refractivity contribution in [1.82, 2.24) is 0 Å². The van der Waals surface area contributed by atoms with Crippen LogP contribution in [0.5, 0.6) is 5.75 Å². The Morgan fingerprint density at radius 3 is 2.25 bits per heavy atom. The number of thiol groups is 1. The summed E-state index contributed by atoms with van der Waals surface area (Å²) in [4.78, 5) is 0.685. The number of rotatable bonds is 0. The molecule has 16 heavy (non-hydrogen) atoms. The summed E-state index contributed by atoms with van der Waals surface area (Å²) >= 11 is 4.32. The monoisotopic (exact) mass is 236 g/mol. The molecule has 0 amide bonds. The molecule has 1 aliphatic rings. The highest BCUT2D eigenvalue weighted by molar-refractivity contribution is 7.80. The van der Waals surface area contributed by atoms with Crippen molar-refractivity contribution < 1.29 is 5.11 Å². The number of phenolic OH excluding ortho intramolecular Hbond substituents is 1. The van der Waals surface area contributed by atoms with Gasteiger partial charge in [-0.05, 0) is 35.3 Å². The fourth-order valence-electron chi connectivity index (χ4n) is 2.71. The molecule has 2 heteroatoms. The average molecular weight is 236 g/mol. The molecule has 0 bridgehead atoms. The van der Waals surface area contributed by atoms with Gasteiger partial charge in [0.1, 0.15) is 5.75 Å². The van der Waals surface area contributed by atoms with E-state index in [1.54, 1.807) is 0 Å². The van der Waals surface area contributed by atoms with Crippen molar-refractivity contribution in [1.29, 1.82) is 0 Å². The summed E-state index contributed by atoms with van der Waals surface area (Å²) in [6.45, 7) is 8.90. The van der Waals surface area contributed by atoms with Gasteiger partial charge < -0.3 is 5.11 Å². The quantitative estimate of drug-likeness (QED) is 0.652. The Morgan fingerprint density at radius 1 is 1.06 bits per heavy atom. The second-order valence-electron chi connectivity index (χ2n) is 6.12. The molecule has 0 saturated heterocycles. The van der Waals surface area contributed by atoms with E-state index in [9.17, 15) is 5.11 Å². The molecule has 0 radical (unpaired) electrons. The van der Waals surface area contributed by atoms with Crippen molar-refractivity contribution in [3.05, 3.63) is 23.3 Å². The summed E-state index contributed by atoms with van der Waals surface area (Å²) in [5.74, 6) is 0.374. The number of hydrogen-bond acceptors (Lipinski definition) is 2. The zero-order chi connectivity index (χ0) is 12.1. The lowest BCUT2D eigenvalue weighted by Crippen LogP contribution is -2.33. The molecule has 88 valence electrons. The van der Waals surface area contributed by atoms with E-state index in [1.807, 2.05) is 6.07 Å². The van der Waals surface area contributed by atoms with Gasteiger partial charge in [0.25, 0.3) is 0 Å². The third-order valence-electron chi connectivity index (χ3n) is 3.94. The molecule has 0 atom stereocenters. The van der Waals surface area contributed by atoms with Gasteiger partial charge >= 0.3 is 0 Å². The zero-order valence-corrected chi connectivity index (χ0v) is 11.4. The fraction of sp³-hybridized carbons (Fsp3) is 0.571. The van der Waals surface area contributed by atoms with Crippen LogP contribution in [0.2, 0.25) is 0 Å². The summed E-state index contributed by atoms with van der Waals surface area (Å²) < 4.78 is 0. The van der Waals surface area contributed by atoms with Crippen LogP contribution in [0.1, 0.15) is 51.7 Å². The SMILES string of the molecule is CC1(C)CCC(C)(C)c2c1ccc(S)c2O.